The topological polar surface area (TPSA) is 80.0 Å². The number of piperidine rings is 1. The minimum Gasteiger partial charge on any atom is -0.343 e. The van der Waals surface area contributed by atoms with E-state index in [2.05, 4.69) is 27.7 Å². The Morgan fingerprint density at radius 3 is 2.70 bits per heavy atom. The molecule has 3 rings (SSSR count). The van der Waals surface area contributed by atoms with Gasteiger partial charge in [-0.1, -0.05) is 24.9 Å². The van der Waals surface area contributed by atoms with E-state index >= 15 is 0 Å². The Morgan fingerprint density at radius 1 is 1.39 bits per heavy atom. The van der Waals surface area contributed by atoms with Gasteiger partial charge in [0.2, 0.25) is 11.8 Å². The summed E-state index contributed by atoms with van der Waals surface area (Å²) in [6.45, 7) is 6.14. The van der Waals surface area contributed by atoms with Crippen molar-refractivity contribution < 1.29 is 9.32 Å². The van der Waals surface area contributed by atoms with E-state index in [0.717, 1.165) is 38.8 Å². The van der Waals surface area contributed by atoms with Gasteiger partial charge >= 0.3 is 0 Å². The largest absolute Gasteiger partial charge is 0.343 e. The molecule has 2 aliphatic rings. The number of rotatable bonds is 5. The molecule has 1 amide bonds. The highest BCUT2D eigenvalue weighted by atomic mass is 16.5. The van der Waals surface area contributed by atoms with Gasteiger partial charge in [0, 0.05) is 13.3 Å². The number of amides is 1. The van der Waals surface area contributed by atoms with E-state index in [1.807, 2.05) is 0 Å². The molecule has 2 fully saturated rings. The number of hydrogen-bond donors (Lipinski definition) is 2. The molecule has 6 heteroatoms. The molecule has 2 heterocycles. The van der Waals surface area contributed by atoms with Crippen molar-refractivity contribution in [2.75, 3.05) is 13.1 Å². The maximum Gasteiger partial charge on any atom is 0.223 e. The molecule has 1 saturated carbocycles. The highest BCUT2D eigenvalue weighted by Crippen LogP contribution is 2.37. The third-order valence-corrected chi connectivity index (χ3v) is 5.49. The lowest BCUT2D eigenvalue weighted by Gasteiger charge is -2.30. The van der Waals surface area contributed by atoms with Gasteiger partial charge in [0.25, 0.3) is 0 Å². The van der Waals surface area contributed by atoms with Crippen LogP contribution in [-0.2, 0) is 10.3 Å². The summed E-state index contributed by atoms with van der Waals surface area (Å²) in [5.41, 5.74) is -0.414. The molecule has 1 aliphatic carbocycles. The first-order valence-electron chi connectivity index (χ1n) is 8.91. The molecular weight excluding hydrogens is 292 g/mol. The molecule has 1 aromatic heterocycles. The summed E-state index contributed by atoms with van der Waals surface area (Å²) in [5, 5.41) is 10.7. The second-order valence-corrected chi connectivity index (χ2v) is 7.24. The molecule has 1 saturated heterocycles. The van der Waals surface area contributed by atoms with Crippen LogP contribution in [0.15, 0.2) is 4.52 Å². The molecule has 0 bridgehead atoms. The smallest absolute Gasteiger partial charge is 0.223 e. The second kappa shape index (κ2) is 6.99. The van der Waals surface area contributed by atoms with Gasteiger partial charge in [-0.3, -0.25) is 4.79 Å². The number of nitrogens with one attached hydrogen (secondary N) is 2. The molecule has 0 spiro atoms. The quantitative estimate of drug-likeness (QED) is 0.870. The van der Waals surface area contributed by atoms with Crippen LogP contribution in [0.4, 0.5) is 0 Å². The van der Waals surface area contributed by atoms with Crippen LogP contribution in [0.25, 0.3) is 0 Å². The Bertz CT molecular complexity index is 530. The van der Waals surface area contributed by atoms with Gasteiger partial charge in [-0.05, 0) is 50.6 Å². The molecule has 1 aromatic rings. The number of carbonyl (C=O) groups is 1. The van der Waals surface area contributed by atoms with E-state index in [0.29, 0.717) is 30.0 Å². The fourth-order valence-corrected chi connectivity index (χ4v) is 4.07. The van der Waals surface area contributed by atoms with Crippen molar-refractivity contribution in [3.63, 3.8) is 0 Å². The van der Waals surface area contributed by atoms with Gasteiger partial charge in [-0.15, -0.1) is 0 Å². The maximum absolute atomic E-state index is 12.6. The predicted octanol–water partition coefficient (Wildman–Crippen LogP) is 2.29. The van der Waals surface area contributed by atoms with E-state index < -0.39 is 5.54 Å². The first-order valence-corrected chi connectivity index (χ1v) is 8.91. The Kier molecular flexibility index (Phi) is 4.99. The standard InChI is InChI=1S/C17H28N4O2/c1-12(14-5-9-18-10-6-14)11-15(22)20-17(7-3-4-8-17)16-19-13(2)23-21-16/h12,14,18H,3-11H2,1-2H3,(H,20,22). The van der Waals surface area contributed by atoms with E-state index in [4.69, 9.17) is 4.52 Å². The molecule has 1 aliphatic heterocycles. The van der Waals surface area contributed by atoms with Gasteiger partial charge < -0.3 is 15.2 Å². The molecule has 128 valence electrons. The Hall–Kier alpha value is -1.43. The van der Waals surface area contributed by atoms with Crippen molar-refractivity contribution in [1.82, 2.24) is 20.8 Å². The van der Waals surface area contributed by atoms with Crippen LogP contribution in [0, 0.1) is 18.8 Å². The molecule has 23 heavy (non-hydrogen) atoms. The van der Waals surface area contributed by atoms with Crippen LogP contribution >= 0.6 is 0 Å². The molecule has 0 radical (unpaired) electrons. The van der Waals surface area contributed by atoms with Crippen LogP contribution in [0.1, 0.15) is 63.6 Å². The van der Waals surface area contributed by atoms with Crippen LogP contribution in [-0.4, -0.2) is 29.1 Å². The predicted molar refractivity (Wildman–Crippen MR) is 86.7 cm³/mol. The summed E-state index contributed by atoms with van der Waals surface area (Å²) in [6.07, 6.45) is 6.92. The number of hydrogen-bond acceptors (Lipinski definition) is 5. The van der Waals surface area contributed by atoms with E-state index in [9.17, 15) is 4.79 Å². The van der Waals surface area contributed by atoms with Crippen molar-refractivity contribution >= 4 is 5.91 Å². The summed E-state index contributed by atoms with van der Waals surface area (Å²) >= 11 is 0. The van der Waals surface area contributed by atoms with Gasteiger partial charge in [-0.25, -0.2) is 0 Å². The lowest BCUT2D eigenvalue weighted by atomic mass is 9.83. The Balaban J connectivity index is 1.62. The van der Waals surface area contributed by atoms with E-state index in [1.165, 1.54) is 12.8 Å². The molecule has 1 atom stereocenters. The molecule has 1 unspecified atom stereocenters. The number of aromatic nitrogens is 2. The van der Waals surface area contributed by atoms with E-state index in [-0.39, 0.29) is 5.91 Å². The minimum atomic E-state index is -0.414. The molecule has 6 nitrogen and oxygen atoms in total. The highest BCUT2D eigenvalue weighted by molar-refractivity contribution is 5.77. The average molecular weight is 320 g/mol. The lowest BCUT2D eigenvalue weighted by molar-refractivity contribution is -0.124. The first kappa shape index (κ1) is 16.4. The van der Waals surface area contributed by atoms with E-state index in [1.54, 1.807) is 6.92 Å². The molecular formula is C17H28N4O2. The van der Waals surface area contributed by atoms with Gasteiger partial charge in [0.15, 0.2) is 5.82 Å². The monoisotopic (exact) mass is 320 g/mol. The zero-order chi connectivity index (χ0) is 16.3. The van der Waals surface area contributed by atoms with Gasteiger partial charge in [0.05, 0.1) is 0 Å². The van der Waals surface area contributed by atoms with Gasteiger partial charge in [-0.2, -0.15) is 4.98 Å². The Labute approximate surface area is 137 Å². The third-order valence-electron chi connectivity index (χ3n) is 5.49. The van der Waals surface area contributed by atoms with Crippen LogP contribution in [0.2, 0.25) is 0 Å². The van der Waals surface area contributed by atoms with Crippen LogP contribution in [0.5, 0.6) is 0 Å². The second-order valence-electron chi connectivity index (χ2n) is 7.24. The number of aryl methyl sites for hydroxylation is 1. The van der Waals surface area contributed by atoms with Crippen molar-refractivity contribution in [3.8, 4) is 0 Å². The summed E-state index contributed by atoms with van der Waals surface area (Å²) in [4.78, 5) is 17.0. The van der Waals surface area contributed by atoms with Crippen molar-refractivity contribution in [2.24, 2.45) is 11.8 Å². The molecule has 2 N–H and O–H groups in total. The van der Waals surface area contributed by atoms with Crippen molar-refractivity contribution in [1.29, 1.82) is 0 Å². The van der Waals surface area contributed by atoms with Crippen LogP contribution < -0.4 is 10.6 Å². The SMILES string of the molecule is Cc1nc(C2(NC(=O)CC(C)C3CCNCC3)CCCC2)no1. The molecule has 0 aromatic carbocycles. The zero-order valence-corrected chi connectivity index (χ0v) is 14.2. The summed E-state index contributed by atoms with van der Waals surface area (Å²) in [5.74, 6) is 2.40. The van der Waals surface area contributed by atoms with Crippen molar-refractivity contribution in [2.45, 2.75) is 64.3 Å². The van der Waals surface area contributed by atoms with Crippen LogP contribution in [0.3, 0.4) is 0 Å². The van der Waals surface area contributed by atoms with Crippen molar-refractivity contribution in [3.05, 3.63) is 11.7 Å². The first-order chi connectivity index (χ1) is 11.1. The lowest BCUT2D eigenvalue weighted by Crippen LogP contribution is -2.45. The Morgan fingerprint density at radius 2 is 2.09 bits per heavy atom. The number of nitrogens with zero attached hydrogens (tertiary/aromatic N) is 2. The normalized spacial score (nSPS) is 22.9. The summed E-state index contributed by atoms with van der Waals surface area (Å²) in [6, 6.07) is 0. The fraction of sp³-hybridized carbons (Fsp3) is 0.824. The fourth-order valence-electron chi connectivity index (χ4n) is 4.07. The maximum atomic E-state index is 12.6. The summed E-state index contributed by atoms with van der Waals surface area (Å²) in [7, 11) is 0. The zero-order valence-electron chi connectivity index (χ0n) is 14.2. The van der Waals surface area contributed by atoms with Gasteiger partial charge in [0.1, 0.15) is 5.54 Å². The highest BCUT2D eigenvalue weighted by Gasteiger charge is 2.41. The number of carbonyl (C=O) groups excluding carboxylic acids is 1. The summed E-state index contributed by atoms with van der Waals surface area (Å²) < 4.78 is 5.14. The average Bonchev–Trinajstić information content (AvgIpc) is 3.18. The minimum absolute atomic E-state index is 0.125. The third kappa shape index (κ3) is 3.74.